The molecule has 3 aromatic carbocycles. The SMILES string of the molecule is COc1ccccc1CCN1Cc2cc(NS(=O)(=O)c3ccc(C)c(F)c3)ccc2OCC1=O. The smallest absolute Gasteiger partial charge is 0.261 e. The lowest BCUT2D eigenvalue weighted by molar-refractivity contribution is -0.133. The second kappa shape index (κ2) is 9.72. The summed E-state index contributed by atoms with van der Waals surface area (Å²) in [6.45, 7) is 2.16. The molecule has 9 heteroatoms. The van der Waals surface area contributed by atoms with E-state index in [9.17, 15) is 17.6 Å². The van der Waals surface area contributed by atoms with E-state index in [1.165, 1.54) is 12.1 Å². The summed E-state index contributed by atoms with van der Waals surface area (Å²) in [5, 5.41) is 0. The Bertz CT molecular complexity index is 1330. The summed E-state index contributed by atoms with van der Waals surface area (Å²) >= 11 is 0. The first-order chi connectivity index (χ1) is 16.3. The third kappa shape index (κ3) is 5.14. The lowest BCUT2D eigenvalue weighted by Crippen LogP contribution is -2.34. The third-order valence-electron chi connectivity index (χ3n) is 5.67. The average Bonchev–Trinajstić information content (AvgIpc) is 2.97. The van der Waals surface area contributed by atoms with E-state index in [0.29, 0.717) is 35.5 Å². The number of carbonyl (C=O) groups is 1. The summed E-state index contributed by atoms with van der Waals surface area (Å²) in [6.07, 6.45) is 0.594. The maximum atomic E-state index is 13.9. The first-order valence-corrected chi connectivity index (χ1v) is 12.2. The van der Waals surface area contributed by atoms with Crippen LogP contribution < -0.4 is 14.2 Å². The Kier molecular flexibility index (Phi) is 6.74. The number of hydrogen-bond acceptors (Lipinski definition) is 5. The molecule has 0 aliphatic carbocycles. The number of amides is 1. The molecule has 0 bridgehead atoms. The molecule has 178 valence electrons. The molecule has 34 heavy (non-hydrogen) atoms. The van der Waals surface area contributed by atoms with Crippen molar-refractivity contribution < 1.29 is 27.1 Å². The van der Waals surface area contributed by atoms with E-state index in [-0.39, 0.29) is 24.0 Å². The molecule has 0 saturated heterocycles. The standard InChI is InChI=1S/C25H25FN2O5S/c1-17-7-9-21(14-22(17)26)34(30,31)27-20-8-10-24-19(13-20)15-28(25(29)16-33-24)12-11-18-5-3-4-6-23(18)32-2/h3-10,13-14,27H,11-12,15-16H2,1-2H3. The molecule has 0 spiro atoms. The van der Waals surface area contributed by atoms with Gasteiger partial charge in [0, 0.05) is 24.3 Å². The van der Waals surface area contributed by atoms with E-state index < -0.39 is 15.8 Å². The zero-order chi connectivity index (χ0) is 24.3. The number of para-hydroxylation sites is 1. The van der Waals surface area contributed by atoms with Gasteiger partial charge in [-0.05, 0) is 60.9 Å². The fourth-order valence-corrected chi connectivity index (χ4v) is 4.82. The number of carbonyl (C=O) groups excluding carboxylic acids is 1. The number of methoxy groups -OCH3 is 1. The highest BCUT2D eigenvalue weighted by Gasteiger charge is 2.23. The minimum Gasteiger partial charge on any atom is -0.496 e. The van der Waals surface area contributed by atoms with Crippen molar-refractivity contribution in [2.24, 2.45) is 0 Å². The van der Waals surface area contributed by atoms with Gasteiger partial charge < -0.3 is 14.4 Å². The molecule has 7 nitrogen and oxygen atoms in total. The zero-order valence-electron chi connectivity index (χ0n) is 18.9. The Morgan fingerprint density at radius 2 is 1.91 bits per heavy atom. The van der Waals surface area contributed by atoms with Crippen molar-refractivity contribution in [3.05, 3.63) is 83.2 Å². The van der Waals surface area contributed by atoms with Crippen molar-refractivity contribution in [3.8, 4) is 11.5 Å². The third-order valence-corrected chi connectivity index (χ3v) is 7.05. The number of sulfonamides is 1. The second-order valence-corrected chi connectivity index (χ2v) is 9.69. The number of rotatable bonds is 7. The number of halogens is 1. The predicted molar refractivity (Wildman–Crippen MR) is 126 cm³/mol. The molecule has 1 amide bonds. The van der Waals surface area contributed by atoms with E-state index in [4.69, 9.17) is 9.47 Å². The maximum absolute atomic E-state index is 13.9. The van der Waals surface area contributed by atoms with Gasteiger partial charge in [-0.2, -0.15) is 0 Å². The van der Waals surface area contributed by atoms with Crippen molar-refractivity contribution in [2.75, 3.05) is 25.0 Å². The van der Waals surface area contributed by atoms with Crippen LogP contribution in [0, 0.1) is 12.7 Å². The molecule has 0 atom stereocenters. The van der Waals surface area contributed by atoms with Gasteiger partial charge in [-0.1, -0.05) is 24.3 Å². The lowest BCUT2D eigenvalue weighted by Gasteiger charge is -2.21. The van der Waals surface area contributed by atoms with Crippen LogP contribution >= 0.6 is 0 Å². The number of fused-ring (bicyclic) bond motifs is 1. The van der Waals surface area contributed by atoms with E-state index >= 15 is 0 Å². The molecule has 4 rings (SSSR count). The van der Waals surface area contributed by atoms with Crippen LogP contribution in [0.15, 0.2) is 65.6 Å². The van der Waals surface area contributed by atoms with Crippen LogP contribution in [0.4, 0.5) is 10.1 Å². The quantitative estimate of drug-likeness (QED) is 0.550. The van der Waals surface area contributed by atoms with Crippen LogP contribution in [-0.4, -0.2) is 39.5 Å². The van der Waals surface area contributed by atoms with E-state index in [1.54, 1.807) is 37.1 Å². The minimum atomic E-state index is -3.99. The normalized spacial score (nSPS) is 13.6. The van der Waals surface area contributed by atoms with Crippen LogP contribution in [0.2, 0.25) is 0 Å². The number of hydrogen-bond donors (Lipinski definition) is 1. The maximum Gasteiger partial charge on any atom is 0.261 e. The van der Waals surface area contributed by atoms with Crippen molar-refractivity contribution in [1.82, 2.24) is 4.90 Å². The van der Waals surface area contributed by atoms with Gasteiger partial charge in [-0.25, -0.2) is 12.8 Å². The summed E-state index contributed by atoms with van der Waals surface area (Å²) in [7, 11) is -2.39. The molecular weight excluding hydrogens is 459 g/mol. The molecule has 0 aromatic heterocycles. The van der Waals surface area contributed by atoms with Crippen molar-refractivity contribution in [2.45, 2.75) is 24.8 Å². The van der Waals surface area contributed by atoms with E-state index in [0.717, 1.165) is 17.4 Å². The molecule has 3 aromatic rings. The van der Waals surface area contributed by atoms with Gasteiger partial charge in [0.25, 0.3) is 15.9 Å². The second-order valence-electron chi connectivity index (χ2n) is 8.00. The Hall–Kier alpha value is -3.59. The first-order valence-electron chi connectivity index (χ1n) is 10.7. The van der Waals surface area contributed by atoms with Gasteiger partial charge in [0.05, 0.1) is 12.0 Å². The van der Waals surface area contributed by atoms with Gasteiger partial charge in [0.1, 0.15) is 17.3 Å². The highest BCUT2D eigenvalue weighted by atomic mass is 32.2. The molecule has 1 N–H and O–H groups in total. The van der Waals surface area contributed by atoms with Crippen LogP contribution in [-0.2, 0) is 27.8 Å². The van der Waals surface area contributed by atoms with Gasteiger partial charge in [-0.3, -0.25) is 9.52 Å². The highest BCUT2D eigenvalue weighted by Crippen LogP contribution is 2.29. The number of nitrogens with zero attached hydrogens (tertiary/aromatic N) is 1. The Morgan fingerprint density at radius 1 is 1.12 bits per heavy atom. The van der Waals surface area contributed by atoms with Gasteiger partial charge in [-0.15, -0.1) is 0 Å². The average molecular weight is 485 g/mol. The molecular formula is C25H25FN2O5S. The summed E-state index contributed by atoms with van der Waals surface area (Å²) in [4.78, 5) is 14.1. The number of nitrogens with one attached hydrogen (secondary N) is 1. The molecule has 0 fully saturated rings. The summed E-state index contributed by atoms with van der Waals surface area (Å²) < 4.78 is 52.9. The van der Waals surface area contributed by atoms with Crippen molar-refractivity contribution in [1.29, 1.82) is 0 Å². The minimum absolute atomic E-state index is 0.105. The molecule has 1 heterocycles. The highest BCUT2D eigenvalue weighted by molar-refractivity contribution is 7.92. The Balaban J connectivity index is 1.53. The van der Waals surface area contributed by atoms with Gasteiger partial charge >= 0.3 is 0 Å². The number of benzene rings is 3. The zero-order valence-corrected chi connectivity index (χ0v) is 19.7. The largest absolute Gasteiger partial charge is 0.496 e. The monoisotopic (exact) mass is 484 g/mol. The number of aryl methyl sites for hydroxylation is 1. The Labute approximate surface area is 198 Å². The van der Waals surface area contributed by atoms with E-state index in [1.807, 2.05) is 24.3 Å². The van der Waals surface area contributed by atoms with Crippen LogP contribution in [0.25, 0.3) is 0 Å². The topological polar surface area (TPSA) is 84.9 Å². The first kappa shape index (κ1) is 23.6. The van der Waals surface area contributed by atoms with Crippen LogP contribution in [0.1, 0.15) is 16.7 Å². The fourth-order valence-electron chi connectivity index (χ4n) is 3.76. The summed E-state index contributed by atoms with van der Waals surface area (Å²) in [6, 6.07) is 16.2. The van der Waals surface area contributed by atoms with E-state index in [2.05, 4.69) is 4.72 Å². The lowest BCUT2D eigenvalue weighted by atomic mass is 10.1. The van der Waals surface area contributed by atoms with Crippen molar-refractivity contribution in [3.63, 3.8) is 0 Å². The van der Waals surface area contributed by atoms with Crippen molar-refractivity contribution >= 4 is 21.6 Å². The predicted octanol–water partition coefficient (Wildman–Crippen LogP) is 3.91. The molecule has 1 aliphatic rings. The fraction of sp³-hybridized carbons (Fsp3) is 0.240. The van der Waals surface area contributed by atoms with Crippen LogP contribution in [0.5, 0.6) is 11.5 Å². The molecule has 0 unspecified atom stereocenters. The van der Waals surface area contributed by atoms with Gasteiger partial charge in [0.2, 0.25) is 0 Å². The van der Waals surface area contributed by atoms with Gasteiger partial charge in [0.15, 0.2) is 6.61 Å². The molecule has 0 radical (unpaired) electrons. The Morgan fingerprint density at radius 3 is 2.68 bits per heavy atom. The molecule has 1 aliphatic heterocycles. The summed E-state index contributed by atoms with van der Waals surface area (Å²) in [5.41, 5.74) is 2.30. The number of anilines is 1. The molecule has 0 saturated carbocycles. The number of ether oxygens (including phenoxy) is 2. The van der Waals surface area contributed by atoms with Crippen LogP contribution in [0.3, 0.4) is 0 Å². The summed E-state index contributed by atoms with van der Waals surface area (Å²) in [5.74, 6) is 0.508.